The SMILES string of the molecule is COc1nc(Br)ccc1N1CC(S(N)(=O)=O)CC1=O. The second-order valence-corrected chi connectivity index (χ2v) is 6.74. The number of pyridine rings is 1. The highest BCUT2D eigenvalue weighted by atomic mass is 79.9. The molecule has 1 aliphatic rings. The number of rotatable bonds is 3. The van der Waals surface area contributed by atoms with Crippen LogP contribution in [0.1, 0.15) is 6.42 Å². The highest BCUT2D eigenvalue weighted by molar-refractivity contribution is 9.10. The van der Waals surface area contributed by atoms with Crippen LogP contribution in [0.15, 0.2) is 16.7 Å². The second kappa shape index (κ2) is 5.06. The van der Waals surface area contributed by atoms with Gasteiger partial charge in [-0.3, -0.25) is 4.79 Å². The zero-order chi connectivity index (χ0) is 14.2. The van der Waals surface area contributed by atoms with Crippen molar-refractivity contribution < 1.29 is 17.9 Å². The van der Waals surface area contributed by atoms with Crippen LogP contribution >= 0.6 is 15.9 Å². The van der Waals surface area contributed by atoms with E-state index in [1.807, 2.05) is 0 Å². The predicted molar refractivity (Wildman–Crippen MR) is 72.4 cm³/mol. The lowest BCUT2D eigenvalue weighted by atomic mass is 10.3. The minimum Gasteiger partial charge on any atom is -0.479 e. The van der Waals surface area contributed by atoms with Crippen molar-refractivity contribution in [3.8, 4) is 5.88 Å². The topological polar surface area (TPSA) is 103 Å². The number of hydrogen-bond acceptors (Lipinski definition) is 5. The third kappa shape index (κ3) is 2.88. The molecule has 1 atom stereocenters. The van der Waals surface area contributed by atoms with E-state index in [2.05, 4.69) is 20.9 Å². The normalized spacial score (nSPS) is 19.8. The van der Waals surface area contributed by atoms with Crippen molar-refractivity contribution in [3.05, 3.63) is 16.7 Å². The largest absolute Gasteiger partial charge is 0.479 e. The number of hydrogen-bond donors (Lipinski definition) is 1. The summed E-state index contributed by atoms with van der Waals surface area (Å²) in [4.78, 5) is 17.3. The van der Waals surface area contributed by atoms with Crippen LogP contribution < -0.4 is 14.8 Å². The summed E-state index contributed by atoms with van der Waals surface area (Å²) < 4.78 is 28.3. The molecule has 2 rings (SSSR count). The quantitative estimate of drug-likeness (QED) is 0.787. The zero-order valence-corrected chi connectivity index (χ0v) is 12.4. The van der Waals surface area contributed by atoms with Gasteiger partial charge in [0.2, 0.25) is 21.8 Å². The number of amides is 1. The Morgan fingerprint density at radius 3 is 2.74 bits per heavy atom. The summed E-state index contributed by atoms with van der Waals surface area (Å²) >= 11 is 3.19. The molecule has 1 fully saturated rings. The smallest absolute Gasteiger partial charge is 0.238 e. The molecule has 7 nitrogen and oxygen atoms in total. The Labute approximate surface area is 118 Å². The van der Waals surface area contributed by atoms with E-state index < -0.39 is 15.3 Å². The second-order valence-electron chi connectivity index (χ2n) is 4.08. The average molecular weight is 350 g/mol. The lowest BCUT2D eigenvalue weighted by Gasteiger charge is -2.18. The summed E-state index contributed by atoms with van der Waals surface area (Å²) in [5, 5.41) is 4.18. The van der Waals surface area contributed by atoms with E-state index >= 15 is 0 Å². The fourth-order valence-electron chi connectivity index (χ4n) is 1.89. The number of ether oxygens (including phenoxy) is 1. The maximum absolute atomic E-state index is 11.9. The van der Waals surface area contributed by atoms with Crippen LogP contribution in [0.25, 0.3) is 0 Å². The molecule has 1 aromatic rings. The molecule has 1 saturated heterocycles. The number of nitrogens with two attached hydrogens (primary N) is 1. The third-order valence-electron chi connectivity index (χ3n) is 2.84. The Balaban J connectivity index is 2.36. The van der Waals surface area contributed by atoms with Crippen LogP contribution in [-0.4, -0.2) is 38.2 Å². The van der Waals surface area contributed by atoms with Crippen LogP contribution in [0, 0.1) is 0 Å². The van der Waals surface area contributed by atoms with Gasteiger partial charge >= 0.3 is 0 Å². The Morgan fingerprint density at radius 1 is 1.53 bits per heavy atom. The number of halogens is 1. The Hall–Kier alpha value is -1.19. The molecule has 1 amide bonds. The molecule has 1 unspecified atom stereocenters. The fraction of sp³-hybridized carbons (Fsp3) is 0.400. The van der Waals surface area contributed by atoms with Crippen LogP contribution in [0.4, 0.5) is 5.69 Å². The molecule has 0 saturated carbocycles. The van der Waals surface area contributed by atoms with Gasteiger partial charge in [0.15, 0.2) is 0 Å². The Bertz CT molecular complexity index is 619. The van der Waals surface area contributed by atoms with Crippen molar-refractivity contribution in [1.29, 1.82) is 0 Å². The van der Waals surface area contributed by atoms with Gasteiger partial charge in [-0.1, -0.05) is 0 Å². The van der Waals surface area contributed by atoms with Crippen molar-refractivity contribution in [2.24, 2.45) is 5.14 Å². The highest BCUT2D eigenvalue weighted by Gasteiger charge is 2.38. The van der Waals surface area contributed by atoms with Gasteiger partial charge in [0.05, 0.1) is 7.11 Å². The van der Waals surface area contributed by atoms with Gasteiger partial charge in [-0.2, -0.15) is 0 Å². The molecule has 2 N–H and O–H groups in total. The summed E-state index contributed by atoms with van der Waals surface area (Å²) in [5.41, 5.74) is 0.432. The number of methoxy groups -OCH3 is 1. The molecule has 2 heterocycles. The first-order valence-corrected chi connectivity index (χ1v) is 7.75. The van der Waals surface area contributed by atoms with Crippen LogP contribution in [0.5, 0.6) is 5.88 Å². The maximum atomic E-state index is 11.9. The minimum atomic E-state index is -3.74. The number of aromatic nitrogens is 1. The molecule has 0 spiro atoms. The van der Waals surface area contributed by atoms with Gasteiger partial charge in [0.25, 0.3) is 0 Å². The summed E-state index contributed by atoms with van der Waals surface area (Å²) in [6.45, 7) is 0.0112. The number of primary sulfonamides is 1. The molecular formula is C10H12BrN3O4S. The van der Waals surface area contributed by atoms with Gasteiger partial charge in [-0.25, -0.2) is 18.5 Å². The van der Waals surface area contributed by atoms with Crippen molar-refractivity contribution in [2.45, 2.75) is 11.7 Å². The minimum absolute atomic E-state index is 0.0112. The lowest BCUT2D eigenvalue weighted by Crippen LogP contribution is -2.32. The molecule has 19 heavy (non-hydrogen) atoms. The van der Waals surface area contributed by atoms with E-state index in [1.54, 1.807) is 12.1 Å². The van der Waals surface area contributed by atoms with Crippen molar-refractivity contribution in [2.75, 3.05) is 18.6 Å². The van der Waals surface area contributed by atoms with E-state index in [0.29, 0.717) is 10.3 Å². The van der Waals surface area contributed by atoms with Crippen molar-refractivity contribution in [3.63, 3.8) is 0 Å². The summed E-state index contributed by atoms with van der Waals surface area (Å²) in [6.07, 6.45) is -0.127. The summed E-state index contributed by atoms with van der Waals surface area (Å²) in [6, 6.07) is 3.29. The molecule has 1 aromatic heterocycles. The van der Waals surface area contributed by atoms with E-state index in [-0.39, 0.29) is 24.8 Å². The lowest BCUT2D eigenvalue weighted by molar-refractivity contribution is -0.117. The number of anilines is 1. The Morgan fingerprint density at radius 2 is 2.21 bits per heavy atom. The Kier molecular flexibility index (Phi) is 3.79. The van der Waals surface area contributed by atoms with E-state index in [0.717, 1.165) is 0 Å². The predicted octanol–water partition coefficient (Wildman–Crippen LogP) is 0.246. The van der Waals surface area contributed by atoms with Gasteiger partial charge in [-0.05, 0) is 28.1 Å². The first-order chi connectivity index (χ1) is 8.82. The number of sulfonamides is 1. The zero-order valence-electron chi connectivity index (χ0n) is 10.0. The molecule has 0 aliphatic carbocycles. The third-order valence-corrected chi connectivity index (χ3v) is 4.53. The van der Waals surface area contributed by atoms with Crippen molar-refractivity contribution >= 4 is 37.5 Å². The average Bonchev–Trinajstić information content (AvgIpc) is 2.71. The molecular weight excluding hydrogens is 338 g/mol. The highest BCUT2D eigenvalue weighted by Crippen LogP contribution is 2.32. The van der Waals surface area contributed by atoms with E-state index in [4.69, 9.17) is 9.88 Å². The molecule has 0 radical (unpaired) electrons. The summed E-state index contributed by atoms with van der Waals surface area (Å²) in [7, 11) is -2.31. The number of carbonyl (C=O) groups is 1. The number of nitrogens with zero attached hydrogens (tertiary/aromatic N) is 2. The molecule has 9 heteroatoms. The van der Waals surface area contributed by atoms with E-state index in [9.17, 15) is 13.2 Å². The van der Waals surface area contributed by atoms with Crippen LogP contribution in [0.3, 0.4) is 0 Å². The monoisotopic (exact) mass is 349 g/mol. The maximum Gasteiger partial charge on any atom is 0.238 e. The standard InChI is InChI=1S/C10H12BrN3O4S/c1-18-10-7(2-3-8(11)13-10)14-5-6(4-9(14)15)19(12,16)17/h2-3,6H,4-5H2,1H3,(H2,12,16,17). The summed E-state index contributed by atoms with van der Waals surface area (Å²) in [5.74, 6) is -0.0701. The van der Waals surface area contributed by atoms with Gasteiger partial charge < -0.3 is 9.64 Å². The fourth-order valence-corrected chi connectivity index (χ4v) is 2.92. The molecule has 104 valence electrons. The van der Waals surface area contributed by atoms with Gasteiger partial charge in [0.1, 0.15) is 15.5 Å². The van der Waals surface area contributed by atoms with Gasteiger partial charge in [-0.15, -0.1) is 0 Å². The van der Waals surface area contributed by atoms with Crippen LogP contribution in [-0.2, 0) is 14.8 Å². The van der Waals surface area contributed by atoms with Crippen LogP contribution in [0.2, 0.25) is 0 Å². The first kappa shape index (κ1) is 14.2. The number of carbonyl (C=O) groups excluding carboxylic acids is 1. The molecule has 0 bridgehead atoms. The molecule has 1 aliphatic heterocycles. The van der Waals surface area contributed by atoms with E-state index in [1.165, 1.54) is 12.0 Å². The first-order valence-electron chi connectivity index (χ1n) is 5.35. The van der Waals surface area contributed by atoms with Gasteiger partial charge in [0, 0.05) is 13.0 Å². The van der Waals surface area contributed by atoms with Crippen molar-refractivity contribution in [1.82, 2.24) is 4.98 Å². The molecule has 0 aromatic carbocycles.